The topological polar surface area (TPSA) is 54.7 Å². The quantitative estimate of drug-likeness (QED) is 0.761. The molecule has 3 nitrogen and oxygen atoms in total. The number of aryl methyl sites for hydroxylation is 1. The standard InChI is InChI=1S/C17H19N3/c1-12-6-8-13(9-7-12)10-14(11-18)17-19-15-4-2-3-5-16(15)20-17/h2-9,14H,10-11,18H2,1H3,(H,19,20). The Morgan fingerprint density at radius 2 is 1.85 bits per heavy atom. The summed E-state index contributed by atoms with van der Waals surface area (Å²) < 4.78 is 0. The molecule has 20 heavy (non-hydrogen) atoms. The van der Waals surface area contributed by atoms with Crippen LogP contribution in [0.5, 0.6) is 0 Å². The molecule has 1 heterocycles. The van der Waals surface area contributed by atoms with Crippen LogP contribution in [0.4, 0.5) is 0 Å². The maximum Gasteiger partial charge on any atom is 0.111 e. The second-order valence-electron chi connectivity index (χ2n) is 5.26. The van der Waals surface area contributed by atoms with E-state index < -0.39 is 0 Å². The third-order valence-corrected chi connectivity index (χ3v) is 3.68. The summed E-state index contributed by atoms with van der Waals surface area (Å²) in [7, 11) is 0. The molecule has 0 aliphatic carbocycles. The summed E-state index contributed by atoms with van der Waals surface area (Å²) in [4.78, 5) is 8.05. The van der Waals surface area contributed by atoms with E-state index in [1.807, 2.05) is 24.3 Å². The second-order valence-corrected chi connectivity index (χ2v) is 5.26. The number of nitrogens with zero attached hydrogens (tertiary/aromatic N) is 1. The monoisotopic (exact) mass is 265 g/mol. The van der Waals surface area contributed by atoms with Crippen molar-refractivity contribution in [3.05, 3.63) is 65.5 Å². The number of aromatic nitrogens is 2. The van der Waals surface area contributed by atoms with Crippen LogP contribution in [0.1, 0.15) is 22.9 Å². The van der Waals surface area contributed by atoms with Gasteiger partial charge in [0.1, 0.15) is 5.82 Å². The molecule has 0 amide bonds. The molecule has 0 aliphatic heterocycles. The number of para-hydroxylation sites is 2. The Hall–Kier alpha value is -2.13. The number of nitrogens with one attached hydrogen (secondary N) is 1. The normalized spacial score (nSPS) is 12.7. The number of benzene rings is 2. The van der Waals surface area contributed by atoms with Gasteiger partial charge in [-0.2, -0.15) is 0 Å². The molecule has 0 spiro atoms. The highest BCUT2D eigenvalue weighted by molar-refractivity contribution is 5.74. The molecule has 0 saturated heterocycles. The largest absolute Gasteiger partial charge is 0.342 e. The highest BCUT2D eigenvalue weighted by atomic mass is 14.9. The van der Waals surface area contributed by atoms with Crippen LogP contribution in [0.15, 0.2) is 48.5 Å². The average Bonchev–Trinajstić information content (AvgIpc) is 2.90. The third kappa shape index (κ3) is 2.58. The molecule has 3 aromatic rings. The molecule has 0 saturated carbocycles. The number of H-pyrrole nitrogens is 1. The van der Waals surface area contributed by atoms with Gasteiger partial charge in [-0.25, -0.2) is 4.98 Å². The number of imidazole rings is 1. The number of hydrogen-bond acceptors (Lipinski definition) is 2. The van der Waals surface area contributed by atoms with E-state index in [0.29, 0.717) is 6.54 Å². The predicted octanol–water partition coefficient (Wildman–Crippen LogP) is 3.16. The lowest BCUT2D eigenvalue weighted by molar-refractivity contribution is 0.658. The van der Waals surface area contributed by atoms with E-state index in [2.05, 4.69) is 41.2 Å². The summed E-state index contributed by atoms with van der Waals surface area (Å²) in [5.74, 6) is 1.21. The number of aromatic amines is 1. The van der Waals surface area contributed by atoms with Crippen molar-refractivity contribution >= 4 is 11.0 Å². The van der Waals surface area contributed by atoms with Gasteiger partial charge in [0.15, 0.2) is 0 Å². The SMILES string of the molecule is Cc1ccc(CC(CN)c2nc3ccccc3[nH]2)cc1. The fourth-order valence-corrected chi connectivity index (χ4v) is 2.47. The number of hydrogen-bond donors (Lipinski definition) is 2. The average molecular weight is 265 g/mol. The van der Waals surface area contributed by atoms with Crippen molar-refractivity contribution in [2.45, 2.75) is 19.3 Å². The Kier molecular flexibility index (Phi) is 3.52. The Morgan fingerprint density at radius 1 is 1.10 bits per heavy atom. The van der Waals surface area contributed by atoms with Gasteiger partial charge in [-0.15, -0.1) is 0 Å². The van der Waals surface area contributed by atoms with E-state index in [-0.39, 0.29) is 5.92 Å². The molecule has 1 aromatic heterocycles. The maximum absolute atomic E-state index is 5.94. The summed E-state index contributed by atoms with van der Waals surface area (Å²) in [6, 6.07) is 16.7. The van der Waals surface area contributed by atoms with Gasteiger partial charge in [0.2, 0.25) is 0 Å². The first-order valence-electron chi connectivity index (χ1n) is 6.96. The van der Waals surface area contributed by atoms with E-state index in [0.717, 1.165) is 23.3 Å². The van der Waals surface area contributed by atoms with Gasteiger partial charge in [-0.3, -0.25) is 0 Å². The number of fused-ring (bicyclic) bond motifs is 1. The van der Waals surface area contributed by atoms with Crippen LogP contribution < -0.4 is 5.73 Å². The van der Waals surface area contributed by atoms with Gasteiger partial charge in [0, 0.05) is 12.5 Å². The van der Waals surface area contributed by atoms with Gasteiger partial charge in [-0.05, 0) is 31.0 Å². The second kappa shape index (κ2) is 5.47. The lowest BCUT2D eigenvalue weighted by Crippen LogP contribution is -2.16. The molecule has 0 aliphatic rings. The van der Waals surface area contributed by atoms with Crippen molar-refractivity contribution in [2.75, 3.05) is 6.54 Å². The van der Waals surface area contributed by atoms with Crippen molar-refractivity contribution in [3.63, 3.8) is 0 Å². The minimum Gasteiger partial charge on any atom is -0.342 e. The summed E-state index contributed by atoms with van der Waals surface area (Å²) >= 11 is 0. The Bertz CT molecular complexity index is 665. The fraction of sp³-hybridized carbons (Fsp3) is 0.235. The third-order valence-electron chi connectivity index (χ3n) is 3.68. The van der Waals surface area contributed by atoms with Crippen LogP contribution >= 0.6 is 0 Å². The molecule has 3 heteroatoms. The van der Waals surface area contributed by atoms with Gasteiger partial charge >= 0.3 is 0 Å². The minimum absolute atomic E-state index is 0.227. The first-order chi connectivity index (χ1) is 9.76. The van der Waals surface area contributed by atoms with Crippen molar-refractivity contribution in [1.29, 1.82) is 0 Å². The molecular formula is C17H19N3. The minimum atomic E-state index is 0.227. The van der Waals surface area contributed by atoms with Crippen LogP contribution in [-0.4, -0.2) is 16.5 Å². The van der Waals surface area contributed by atoms with Crippen molar-refractivity contribution in [1.82, 2.24) is 9.97 Å². The van der Waals surface area contributed by atoms with Crippen LogP contribution in [0.2, 0.25) is 0 Å². The summed E-state index contributed by atoms with van der Waals surface area (Å²) in [5, 5.41) is 0. The predicted molar refractivity (Wildman–Crippen MR) is 82.8 cm³/mol. The summed E-state index contributed by atoms with van der Waals surface area (Å²) in [6.45, 7) is 2.69. The zero-order valence-corrected chi connectivity index (χ0v) is 11.6. The van der Waals surface area contributed by atoms with E-state index in [1.165, 1.54) is 11.1 Å². The molecule has 1 atom stereocenters. The van der Waals surface area contributed by atoms with E-state index >= 15 is 0 Å². The van der Waals surface area contributed by atoms with Gasteiger partial charge in [0.05, 0.1) is 11.0 Å². The number of nitrogens with two attached hydrogens (primary N) is 1. The van der Waals surface area contributed by atoms with Crippen LogP contribution in [0.3, 0.4) is 0 Å². The Morgan fingerprint density at radius 3 is 2.55 bits per heavy atom. The molecule has 2 aromatic carbocycles. The highest BCUT2D eigenvalue weighted by Crippen LogP contribution is 2.21. The summed E-state index contributed by atoms with van der Waals surface area (Å²) in [5.41, 5.74) is 10.6. The zero-order valence-electron chi connectivity index (χ0n) is 11.6. The van der Waals surface area contributed by atoms with Crippen molar-refractivity contribution in [2.24, 2.45) is 5.73 Å². The Labute approximate surface area is 118 Å². The van der Waals surface area contributed by atoms with Crippen molar-refractivity contribution in [3.8, 4) is 0 Å². The van der Waals surface area contributed by atoms with Crippen molar-refractivity contribution < 1.29 is 0 Å². The zero-order chi connectivity index (χ0) is 13.9. The molecule has 0 fully saturated rings. The van der Waals surface area contributed by atoms with Crippen LogP contribution in [0.25, 0.3) is 11.0 Å². The molecular weight excluding hydrogens is 246 g/mol. The first kappa shape index (κ1) is 12.9. The summed E-state index contributed by atoms with van der Waals surface area (Å²) in [6.07, 6.45) is 0.913. The molecule has 3 N–H and O–H groups in total. The van der Waals surface area contributed by atoms with Gasteiger partial charge in [-0.1, -0.05) is 42.0 Å². The van der Waals surface area contributed by atoms with E-state index in [9.17, 15) is 0 Å². The maximum atomic E-state index is 5.94. The molecule has 0 radical (unpaired) electrons. The molecule has 0 bridgehead atoms. The van der Waals surface area contributed by atoms with Gasteiger partial charge in [0.25, 0.3) is 0 Å². The lowest BCUT2D eigenvalue weighted by Gasteiger charge is -2.12. The van der Waals surface area contributed by atoms with E-state index in [1.54, 1.807) is 0 Å². The molecule has 3 rings (SSSR count). The smallest absolute Gasteiger partial charge is 0.111 e. The highest BCUT2D eigenvalue weighted by Gasteiger charge is 2.14. The van der Waals surface area contributed by atoms with Gasteiger partial charge < -0.3 is 10.7 Å². The number of rotatable bonds is 4. The van der Waals surface area contributed by atoms with Crippen LogP contribution in [0, 0.1) is 6.92 Å². The lowest BCUT2D eigenvalue weighted by atomic mass is 9.98. The first-order valence-corrected chi connectivity index (χ1v) is 6.96. The Balaban J connectivity index is 1.87. The van der Waals surface area contributed by atoms with E-state index in [4.69, 9.17) is 5.73 Å². The van der Waals surface area contributed by atoms with Crippen LogP contribution in [-0.2, 0) is 6.42 Å². The molecule has 102 valence electrons. The fourth-order valence-electron chi connectivity index (χ4n) is 2.47. The molecule has 1 unspecified atom stereocenters.